The number of nitro benzene ring substituents is 1. The van der Waals surface area contributed by atoms with Crippen molar-refractivity contribution in [2.24, 2.45) is 22.9 Å². The van der Waals surface area contributed by atoms with Crippen LogP contribution in [0.2, 0.25) is 0 Å². The number of carbonyl (C=O) groups excluding carboxylic acids is 1. The van der Waals surface area contributed by atoms with Crippen LogP contribution in [0.25, 0.3) is 0 Å². The lowest BCUT2D eigenvalue weighted by molar-refractivity contribution is -0.384. The second kappa shape index (κ2) is 25.4. The molecule has 0 bridgehead atoms. The Balaban J connectivity index is 1.44. The average Bonchev–Trinajstić information content (AvgIpc) is 3.32. The molecule has 0 spiro atoms. The van der Waals surface area contributed by atoms with Crippen molar-refractivity contribution >= 4 is 17.3 Å². The molecule has 1 amide bonds. The van der Waals surface area contributed by atoms with E-state index in [9.17, 15) is 25.1 Å². The van der Waals surface area contributed by atoms with E-state index in [1.807, 2.05) is 36.2 Å². The molecule has 12 heteroatoms. The highest BCUT2D eigenvalue weighted by Crippen LogP contribution is 2.62. The van der Waals surface area contributed by atoms with Gasteiger partial charge >= 0.3 is 0 Å². The number of ether oxygens (including phenoxy) is 3. The molecule has 6 atom stereocenters. The second-order valence-corrected chi connectivity index (χ2v) is 18.9. The zero-order valence-electron chi connectivity index (χ0n) is 40.5. The number of benzene rings is 3. The van der Waals surface area contributed by atoms with Crippen molar-refractivity contribution in [1.29, 1.82) is 0 Å². The Hall–Kier alpha value is -5.04. The molecule has 0 radical (unpaired) electrons. The number of aryl methyl sites for hydroxylation is 2. The van der Waals surface area contributed by atoms with Crippen LogP contribution in [0.5, 0.6) is 17.2 Å². The number of hydrogen-bond acceptors (Lipinski definition) is 10. The summed E-state index contributed by atoms with van der Waals surface area (Å²) >= 11 is 0. The number of aliphatic hydroxyl groups excluding tert-OH is 2. The Bertz CT molecular complexity index is 2150. The van der Waals surface area contributed by atoms with Gasteiger partial charge in [0.2, 0.25) is 11.7 Å². The van der Waals surface area contributed by atoms with Crippen LogP contribution in [0.15, 0.2) is 90.1 Å². The van der Waals surface area contributed by atoms with Gasteiger partial charge in [0.25, 0.3) is 5.69 Å². The number of hydrogen-bond donors (Lipinski definition) is 2. The van der Waals surface area contributed by atoms with Crippen molar-refractivity contribution in [3.63, 3.8) is 0 Å². The molecule has 3 aliphatic rings. The van der Waals surface area contributed by atoms with Gasteiger partial charge in [-0.25, -0.2) is 0 Å². The summed E-state index contributed by atoms with van der Waals surface area (Å²) in [5.74, 6) is 0.219. The summed E-state index contributed by atoms with van der Waals surface area (Å²) in [6.45, 7) is 10.9. The number of nitrogens with zero attached hydrogens (tertiary/aromatic N) is 3. The maximum atomic E-state index is 14.5. The first kappa shape index (κ1) is 51.4. The van der Waals surface area contributed by atoms with E-state index in [0.717, 1.165) is 73.0 Å². The Kier molecular flexibility index (Phi) is 19.4. The molecule has 12 nitrogen and oxygen atoms in total. The number of allylic oxidation sites excluding steroid dienone is 1. The zero-order chi connectivity index (χ0) is 47.8. The smallest absolute Gasteiger partial charge is 0.269 e. The van der Waals surface area contributed by atoms with Crippen LogP contribution >= 0.6 is 0 Å². The van der Waals surface area contributed by atoms with Gasteiger partial charge in [-0.3, -0.25) is 14.9 Å². The molecular formula is C55H75N3O9. The number of aliphatic hydroxyl groups is 2. The number of carbonyl (C=O) groups is 1. The summed E-state index contributed by atoms with van der Waals surface area (Å²) in [6.07, 6.45) is 19.7. The Morgan fingerprint density at radius 1 is 0.896 bits per heavy atom. The summed E-state index contributed by atoms with van der Waals surface area (Å²) < 4.78 is 21.0. The van der Waals surface area contributed by atoms with Crippen LogP contribution in [-0.2, 0) is 21.0 Å². The Morgan fingerprint density at radius 2 is 1.57 bits per heavy atom. The second-order valence-electron chi connectivity index (χ2n) is 18.9. The lowest BCUT2D eigenvalue weighted by Gasteiger charge is -2.59. The quantitative estimate of drug-likeness (QED) is 0.0313. The molecule has 0 saturated heterocycles. The third kappa shape index (κ3) is 12.9. The first-order valence-electron chi connectivity index (χ1n) is 25.0. The molecule has 1 heterocycles. The predicted octanol–water partition coefficient (Wildman–Crippen LogP) is 12.2. The summed E-state index contributed by atoms with van der Waals surface area (Å²) in [4.78, 5) is 33.5. The minimum atomic E-state index is -1.35. The van der Waals surface area contributed by atoms with E-state index in [4.69, 9.17) is 24.2 Å². The molecule has 67 heavy (non-hydrogen) atoms. The Morgan fingerprint density at radius 3 is 2.24 bits per heavy atom. The maximum Gasteiger partial charge on any atom is 0.269 e. The van der Waals surface area contributed by atoms with E-state index in [-0.39, 0.29) is 62.2 Å². The molecule has 2 N–H and O–H groups in total. The molecule has 6 rings (SSSR count). The third-order valence-corrected chi connectivity index (χ3v) is 14.3. The summed E-state index contributed by atoms with van der Waals surface area (Å²) in [5, 5.41) is 36.2. The van der Waals surface area contributed by atoms with Crippen molar-refractivity contribution in [1.82, 2.24) is 4.90 Å². The first-order chi connectivity index (χ1) is 32.5. The number of amides is 1. The lowest BCUT2D eigenvalue weighted by Crippen LogP contribution is -2.69. The number of likely N-dealkylation sites (N-methyl/N-ethyl adjacent to an activating group) is 1. The number of nitro groups is 1. The molecule has 0 aromatic heterocycles. The number of oxime groups is 1. The highest BCUT2D eigenvalue weighted by molar-refractivity contribution is 6.03. The standard InChI is InChI=1S/C55H75N3O9/c1-6-8-9-10-11-12-13-14-15-22-52(61)57(5)51-37-49(56-65-38-41-24-26-43(27-25-41)58(62)63)47-35-42(20-16-18-31-59)46(21-17-19-32-60)53-48-36-45(66-44-28-23-39(3)40(4)34-44)29-30-50(48)67-55(51,54(47)53)64-33-7-2/h7,23-30,34-36,42,46,51,53-54,59-60H,2,6,8-22,31-33,37-38H2,1,3-5H3. The van der Waals surface area contributed by atoms with Crippen LogP contribution < -0.4 is 9.47 Å². The topological polar surface area (TPSA) is 153 Å². The molecule has 3 aromatic carbocycles. The molecule has 1 fully saturated rings. The normalized spacial score (nSPS) is 22.3. The van der Waals surface area contributed by atoms with Crippen molar-refractivity contribution in [2.45, 2.75) is 154 Å². The summed E-state index contributed by atoms with van der Waals surface area (Å²) in [5.41, 5.74) is 5.64. The highest BCUT2D eigenvalue weighted by Gasteiger charge is 2.65. The molecule has 2 aliphatic carbocycles. The third-order valence-electron chi connectivity index (χ3n) is 14.3. The largest absolute Gasteiger partial charge is 0.459 e. The lowest BCUT2D eigenvalue weighted by atomic mass is 9.55. The predicted molar refractivity (Wildman–Crippen MR) is 263 cm³/mol. The fraction of sp³-hybridized carbons (Fsp3) is 0.564. The Labute approximate surface area is 398 Å². The SMILES string of the molecule is C=CCOC12Oc3ccc(Oc4ccc(C)c(C)c4)cc3C3C(CCCCO)C(CCCCO)C=C(C(=NOCc4ccc([N+](=O)[O-])cc4)CC1N(C)C(=O)CCCCCCCCCCC)C32. The van der Waals surface area contributed by atoms with Gasteiger partial charge in [0.1, 0.15) is 29.9 Å². The van der Waals surface area contributed by atoms with Crippen molar-refractivity contribution in [3.05, 3.63) is 117 Å². The van der Waals surface area contributed by atoms with Crippen LogP contribution in [0.3, 0.4) is 0 Å². The van der Waals surface area contributed by atoms with E-state index >= 15 is 0 Å². The molecule has 364 valence electrons. The first-order valence-corrected chi connectivity index (χ1v) is 25.0. The molecular weight excluding hydrogens is 847 g/mol. The van der Waals surface area contributed by atoms with E-state index in [0.29, 0.717) is 36.5 Å². The minimum Gasteiger partial charge on any atom is -0.459 e. The average molecular weight is 922 g/mol. The summed E-state index contributed by atoms with van der Waals surface area (Å²) in [7, 11) is 1.86. The number of fused-ring (bicyclic) bond motifs is 2. The number of rotatable bonds is 28. The van der Waals surface area contributed by atoms with E-state index in [2.05, 4.69) is 45.6 Å². The van der Waals surface area contributed by atoms with Crippen molar-refractivity contribution in [3.8, 4) is 17.2 Å². The van der Waals surface area contributed by atoms with Gasteiger partial charge < -0.3 is 34.2 Å². The zero-order valence-corrected chi connectivity index (χ0v) is 40.5. The van der Waals surface area contributed by atoms with Gasteiger partial charge in [0, 0.05) is 56.7 Å². The van der Waals surface area contributed by atoms with Gasteiger partial charge in [-0.15, -0.1) is 6.58 Å². The molecule has 3 aromatic rings. The van der Waals surface area contributed by atoms with Crippen LogP contribution in [-0.4, -0.2) is 70.4 Å². The van der Waals surface area contributed by atoms with E-state index < -0.39 is 22.7 Å². The fourth-order valence-electron chi connectivity index (χ4n) is 10.5. The maximum absolute atomic E-state index is 14.5. The van der Waals surface area contributed by atoms with Crippen LogP contribution in [0, 0.1) is 41.7 Å². The fourth-order valence-corrected chi connectivity index (χ4v) is 10.5. The van der Waals surface area contributed by atoms with Crippen molar-refractivity contribution < 1.29 is 39.0 Å². The van der Waals surface area contributed by atoms with Gasteiger partial charge in [-0.1, -0.05) is 94.5 Å². The highest BCUT2D eigenvalue weighted by atomic mass is 16.7. The molecule has 1 aliphatic heterocycles. The monoisotopic (exact) mass is 922 g/mol. The summed E-state index contributed by atoms with van der Waals surface area (Å²) in [6, 6.07) is 17.7. The van der Waals surface area contributed by atoms with Gasteiger partial charge in [-0.05, 0) is 123 Å². The van der Waals surface area contributed by atoms with Crippen LogP contribution in [0.1, 0.15) is 144 Å². The van der Waals surface area contributed by atoms with Gasteiger partial charge in [-0.2, -0.15) is 0 Å². The number of unbranched alkanes of at least 4 members (excludes halogenated alkanes) is 10. The minimum absolute atomic E-state index is 0.00420. The van der Waals surface area contributed by atoms with E-state index in [1.165, 1.54) is 56.2 Å². The van der Waals surface area contributed by atoms with Crippen LogP contribution in [0.4, 0.5) is 5.69 Å². The van der Waals surface area contributed by atoms with E-state index in [1.54, 1.807) is 18.2 Å². The van der Waals surface area contributed by atoms with Crippen molar-refractivity contribution in [2.75, 3.05) is 26.9 Å². The number of non-ortho nitro benzene ring substituents is 1. The van der Waals surface area contributed by atoms with Gasteiger partial charge in [0.05, 0.1) is 23.2 Å². The van der Waals surface area contributed by atoms with Gasteiger partial charge in [0.15, 0.2) is 0 Å². The molecule has 6 unspecified atom stereocenters. The molecule has 1 saturated carbocycles.